The van der Waals surface area contributed by atoms with Crippen LogP contribution >= 0.6 is 15.9 Å². The summed E-state index contributed by atoms with van der Waals surface area (Å²) in [5, 5.41) is 0. The summed E-state index contributed by atoms with van der Waals surface area (Å²) in [5.74, 6) is 0. The average Bonchev–Trinajstić information content (AvgIpc) is 3.73. The van der Waals surface area contributed by atoms with Gasteiger partial charge in [0.1, 0.15) is 0 Å². The van der Waals surface area contributed by atoms with Crippen molar-refractivity contribution in [1.29, 1.82) is 0 Å². The largest absolute Gasteiger partial charge is 0.494 e. The first kappa shape index (κ1) is 51.6. The number of hydrogen-bond donors (Lipinski definition) is 0. The second-order valence-corrected chi connectivity index (χ2v) is 22.8. The standard InChI is InChI=1S/C26H29BO2.C20H17Br.C12H24B2O4/c1-18-9-7-11-20(13-18)22-15-23(21-12-8-10-19(2)14-21)17-24(16-22)27-28-25(3,4)26(5,6)29-27;1-14-5-3-7-16(9-14)18-11-19(13-20(21)12-18)17-8-4-6-15(2)10-17;1-9(2)10(3,4)16-13(15-9)14-17-11(5,6)12(7,8)18-14/h7-17H,1-6H3;3-13H,1-2H3;1-8H3. The summed E-state index contributed by atoms with van der Waals surface area (Å²) >= 11 is 3.64. The molecule has 6 aromatic rings. The highest BCUT2D eigenvalue weighted by Crippen LogP contribution is 2.43. The van der Waals surface area contributed by atoms with Crippen LogP contribution < -0.4 is 5.46 Å². The van der Waals surface area contributed by atoms with Gasteiger partial charge in [0.25, 0.3) is 0 Å². The summed E-state index contributed by atoms with van der Waals surface area (Å²) < 4.78 is 37.7. The Morgan fingerprint density at radius 3 is 0.824 bits per heavy atom. The van der Waals surface area contributed by atoms with E-state index in [1.807, 2.05) is 55.4 Å². The SMILES string of the molecule is CC1(C)OB(B2OC(C)(C)C(C)(C)O2)OC1(C)C.Cc1cccc(-c2cc(B3OC(C)(C)C(C)(C)O3)cc(-c3cccc(C)c3)c2)c1.Cc1cccc(-c2cc(Br)cc(-c3cccc(C)c3)c2)c1. The Kier molecular flexibility index (Phi) is 14.8. The Balaban J connectivity index is 0.000000156. The van der Waals surface area contributed by atoms with Crippen LogP contribution in [-0.2, 0) is 27.9 Å². The van der Waals surface area contributed by atoms with Crippen LogP contribution in [0, 0.1) is 27.7 Å². The zero-order valence-electron chi connectivity index (χ0n) is 43.3. The molecule has 3 fully saturated rings. The Bertz CT molecular complexity index is 2550. The zero-order chi connectivity index (χ0) is 49.6. The summed E-state index contributed by atoms with van der Waals surface area (Å²) in [6.07, 6.45) is 0. The number of halogens is 1. The third kappa shape index (κ3) is 11.5. The van der Waals surface area contributed by atoms with Gasteiger partial charge in [0.15, 0.2) is 0 Å². The van der Waals surface area contributed by atoms with Crippen molar-refractivity contribution in [3.05, 3.63) is 160 Å². The van der Waals surface area contributed by atoms with E-state index in [0.29, 0.717) is 0 Å². The predicted octanol–water partition coefficient (Wildman–Crippen LogP) is 14.6. The van der Waals surface area contributed by atoms with Gasteiger partial charge in [0.2, 0.25) is 0 Å². The molecule has 0 spiro atoms. The number of aryl methyl sites for hydroxylation is 4. The first-order valence-corrected chi connectivity index (χ1v) is 24.7. The van der Waals surface area contributed by atoms with Crippen molar-refractivity contribution < 1.29 is 27.9 Å². The molecule has 0 amide bonds. The second kappa shape index (κ2) is 19.5. The van der Waals surface area contributed by atoms with Gasteiger partial charge in [0.05, 0.1) is 33.6 Å². The first-order chi connectivity index (χ1) is 31.6. The molecule has 0 atom stereocenters. The van der Waals surface area contributed by atoms with E-state index in [0.717, 1.165) is 9.94 Å². The summed E-state index contributed by atoms with van der Waals surface area (Å²) in [4.78, 5) is 0. The van der Waals surface area contributed by atoms with E-state index in [4.69, 9.17) is 27.9 Å². The highest BCUT2D eigenvalue weighted by atomic mass is 79.9. The summed E-state index contributed by atoms with van der Waals surface area (Å²) in [6.45, 7) is 33.1. The van der Waals surface area contributed by atoms with Crippen LogP contribution in [0.3, 0.4) is 0 Å². The fourth-order valence-electron chi connectivity index (χ4n) is 8.32. The maximum atomic E-state index is 6.36. The van der Waals surface area contributed by atoms with Crippen molar-refractivity contribution >= 4 is 42.5 Å². The van der Waals surface area contributed by atoms with E-state index in [-0.39, 0.29) is 40.7 Å². The molecule has 10 heteroatoms. The molecule has 0 aromatic heterocycles. The minimum Gasteiger partial charge on any atom is -0.405 e. The molecule has 0 aliphatic carbocycles. The molecule has 3 aliphatic rings. The van der Waals surface area contributed by atoms with Crippen molar-refractivity contribution in [2.24, 2.45) is 0 Å². The molecule has 0 bridgehead atoms. The van der Waals surface area contributed by atoms with Gasteiger partial charge in [-0.2, -0.15) is 0 Å². The van der Waals surface area contributed by atoms with Crippen LogP contribution in [-0.4, -0.2) is 54.7 Å². The minimum atomic E-state index is -0.476. The molecule has 354 valence electrons. The van der Waals surface area contributed by atoms with E-state index in [1.54, 1.807) is 0 Å². The average molecular weight is 976 g/mol. The lowest BCUT2D eigenvalue weighted by atomic mass is 9.49. The summed E-state index contributed by atoms with van der Waals surface area (Å²) in [6, 6.07) is 47.8. The van der Waals surface area contributed by atoms with Crippen LogP contribution in [0.5, 0.6) is 0 Å². The Morgan fingerprint density at radius 2 is 0.559 bits per heavy atom. The Morgan fingerprint density at radius 1 is 0.309 bits per heavy atom. The van der Waals surface area contributed by atoms with Gasteiger partial charge in [-0.15, -0.1) is 0 Å². The van der Waals surface area contributed by atoms with Crippen LogP contribution in [0.15, 0.2) is 138 Å². The Labute approximate surface area is 417 Å². The first-order valence-electron chi connectivity index (χ1n) is 23.9. The van der Waals surface area contributed by atoms with Crippen molar-refractivity contribution in [2.75, 3.05) is 0 Å². The number of hydrogen-bond acceptors (Lipinski definition) is 6. The highest BCUT2D eigenvalue weighted by Gasteiger charge is 2.63. The molecule has 0 radical (unpaired) electrons. The second-order valence-electron chi connectivity index (χ2n) is 21.9. The molecule has 9 rings (SSSR count). The molecular formula is C58H70B3BrO6. The fourth-order valence-corrected chi connectivity index (χ4v) is 8.81. The van der Waals surface area contributed by atoms with Crippen molar-refractivity contribution in [1.82, 2.24) is 0 Å². The van der Waals surface area contributed by atoms with E-state index in [1.165, 1.54) is 66.8 Å². The van der Waals surface area contributed by atoms with Gasteiger partial charge in [-0.25, -0.2) is 0 Å². The molecule has 6 aromatic carbocycles. The van der Waals surface area contributed by atoms with E-state index < -0.39 is 14.0 Å². The summed E-state index contributed by atoms with van der Waals surface area (Å²) in [5.41, 5.74) is 13.7. The lowest BCUT2D eigenvalue weighted by Gasteiger charge is -2.32. The molecule has 6 nitrogen and oxygen atoms in total. The number of rotatable bonds is 6. The normalized spacial score (nSPS) is 19.2. The van der Waals surface area contributed by atoms with E-state index in [2.05, 4.69) is 205 Å². The van der Waals surface area contributed by atoms with Gasteiger partial charge in [-0.3, -0.25) is 0 Å². The van der Waals surface area contributed by atoms with Crippen LogP contribution in [0.1, 0.15) is 105 Å². The molecule has 0 N–H and O–H groups in total. The monoisotopic (exact) mass is 974 g/mol. The molecule has 0 unspecified atom stereocenters. The smallest absolute Gasteiger partial charge is 0.405 e. The molecule has 3 saturated heterocycles. The minimum absolute atomic E-state index is 0.360. The van der Waals surface area contributed by atoms with Crippen LogP contribution in [0.25, 0.3) is 44.5 Å². The third-order valence-electron chi connectivity index (χ3n) is 14.5. The third-order valence-corrected chi connectivity index (χ3v) is 15.0. The Hall–Kier alpha value is -4.25. The highest BCUT2D eigenvalue weighted by molar-refractivity contribution is 9.10. The lowest BCUT2D eigenvalue weighted by Crippen LogP contribution is -2.41. The lowest BCUT2D eigenvalue weighted by molar-refractivity contribution is 0.00578. The number of benzene rings is 6. The van der Waals surface area contributed by atoms with Gasteiger partial charge in [-0.1, -0.05) is 147 Å². The van der Waals surface area contributed by atoms with Gasteiger partial charge >= 0.3 is 21.1 Å². The van der Waals surface area contributed by atoms with Crippen LogP contribution in [0.4, 0.5) is 0 Å². The maximum absolute atomic E-state index is 6.36. The van der Waals surface area contributed by atoms with Crippen LogP contribution in [0.2, 0.25) is 0 Å². The molecular weight excluding hydrogens is 905 g/mol. The van der Waals surface area contributed by atoms with E-state index >= 15 is 0 Å². The predicted molar refractivity (Wildman–Crippen MR) is 289 cm³/mol. The molecule has 68 heavy (non-hydrogen) atoms. The zero-order valence-corrected chi connectivity index (χ0v) is 44.8. The topological polar surface area (TPSA) is 55.4 Å². The summed E-state index contributed by atoms with van der Waals surface area (Å²) in [7, 11) is -1.33. The fraction of sp³-hybridized carbons (Fsp3) is 0.379. The quantitative estimate of drug-likeness (QED) is 0.155. The van der Waals surface area contributed by atoms with Crippen molar-refractivity contribution in [3.63, 3.8) is 0 Å². The van der Waals surface area contributed by atoms with E-state index in [9.17, 15) is 0 Å². The molecule has 3 aliphatic heterocycles. The van der Waals surface area contributed by atoms with Crippen molar-refractivity contribution in [2.45, 2.75) is 144 Å². The van der Waals surface area contributed by atoms with Gasteiger partial charge in [0, 0.05) is 4.47 Å². The van der Waals surface area contributed by atoms with Gasteiger partial charge in [-0.05, 0) is 185 Å². The maximum Gasteiger partial charge on any atom is 0.494 e. The van der Waals surface area contributed by atoms with Gasteiger partial charge < -0.3 is 27.9 Å². The van der Waals surface area contributed by atoms with Crippen molar-refractivity contribution in [3.8, 4) is 44.5 Å². The molecule has 0 saturated carbocycles. The molecule has 3 heterocycles.